The van der Waals surface area contributed by atoms with E-state index in [0.717, 1.165) is 16.5 Å². The number of carbonyl (C=O) groups excluding carboxylic acids is 2. The molecule has 27 heavy (non-hydrogen) atoms. The molecule has 2 aromatic carbocycles. The van der Waals surface area contributed by atoms with E-state index in [1.54, 1.807) is 20.1 Å². The zero-order chi connectivity index (χ0) is 19.2. The highest BCUT2D eigenvalue weighted by molar-refractivity contribution is 6.00. The van der Waals surface area contributed by atoms with Gasteiger partial charge in [0, 0.05) is 23.4 Å². The summed E-state index contributed by atoms with van der Waals surface area (Å²) in [5.41, 5.74) is 2.10. The van der Waals surface area contributed by atoms with Crippen molar-refractivity contribution in [3.05, 3.63) is 65.9 Å². The third-order valence-electron chi connectivity index (χ3n) is 4.23. The van der Waals surface area contributed by atoms with Crippen LogP contribution in [0, 0.1) is 0 Å². The monoisotopic (exact) mass is 366 g/mol. The quantitative estimate of drug-likeness (QED) is 0.630. The molecule has 1 amide bonds. The number of aromatic amines is 1. The van der Waals surface area contributed by atoms with Gasteiger partial charge in [-0.25, -0.2) is 4.79 Å². The summed E-state index contributed by atoms with van der Waals surface area (Å²) in [6, 6.07) is 16.0. The molecule has 0 radical (unpaired) electrons. The summed E-state index contributed by atoms with van der Waals surface area (Å²) in [5.74, 6) is -0.114. The number of hydrogen-bond acceptors (Lipinski definition) is 4. The first-order valence-corrected chi connectivity index (χ1v) is 8.79. The molecule has 0 fully saturated rings. The summed E-state index contributed by atoms with van der Waals surface area (Å²) in [6.07, 6.45) is 0.361. The second-order valence-corrected chi connectivity index (χ2v) is 6.10. The largest absolute Gasteiger partial charge is 0.497 e. The number of nitrogens with one attached hydrogen (secondary N) is 2. The normalized spacial score (nSPS) is 11.8. The molecule has 6 heteroatoms. The molecule has 140 valence electrons. The summed E-state index contributed by atoms with van der Waals surface area (Å²) < 4.78 is 10.3. The van der Waals surface area contributed by atoms with Gasteiger partial charge in [-0.05, 0) is 30.7 Å². The molecule has 3 rings (SSSR count). The molecule has 1 unspecified atom stereocenters. The van der Waals surface area contributed by atoms with E-state index in [4.69, 9.17) is 9.47 Å². The van der Waals surface area contributed by atoms with E-state index in [9.17, 15) is 9.59 Å². The summed E-state index contributed by atoms with van der Waals surface area (Å²) in [7, 11) is 1.59. The van der Waals surface area contributed by atoms with Gasteiger partial charge in [0.25, 0.3) is 5.91 Å². The van der Waals surface area contributed by atoms with Gasteiger partial charge in [-0.2, -0.15) is 0 Å². The van der Waals surface area contributed by atoms with Gasteiger partial charge < -0.3 is 19.8 Å². The molecule has 0 aliphatic carbocycles. The topological polar surface area (TPSA) is 80.4 Å². The van der Waals surface area contributed by atoms with Crippen molar-refractivity contribution in [3.63, 3.8) is 0 Å². The number of fused-ring (bicyclic) bond motifs is 1. The van der Waals surface area contributed by atoms with Gasteiger partial charge in [0.05, 0.1) is 13.7 Å². The minimum Gasteiger partial charge on any atom is -0.497 e. The van der Waals surface area contributed by atoms with Gasteiger partial charge in [0.2, 0.25) is 0 Å². The van der Waals surface area contributed by atoms with Gasteiger partial charge in [0.15, 0.2) is 0 Å². The van der Waals surface area contributed by atoms with Crippen molar-refractivity contribution in [2.45, 2.75) is 19.4 Å². The molecule has 2 N–H and O–H groups in total. The minimum atomic E-state index is -0.763. The summed E-state index contributed by atoms with van der Waals surface area (Å²) in [4.78, 5) is 28.1. The van der Waals surface area contributed by atoms with Crippen LogP contribution in [0.25, 0.3) is 10.9 Å². The smallest absolute Gasteiger partial charge is 0.328 e. The van der Waals surface area contributed by atoms with Crippen LogP contribution in [0.4, 0.5) is 0 Å². The second kappa shape index (κ2) is 8.40. The number of H-pyrrole nitrogens is 1. The van der Waals surface area contributed by atoms with E-state index in [1.165, 1.54) is 0 Å². The number of ether oxygens (including phenoxy) is 2. The van der Waals surface area contributed by atoms with Crippen molar-refractivity contribution in [2.24, 2.45) is 0 Å². The van der Waals surface area contributed by atoms with Crippen LogP contribution in [0.2, 0.25) is 0 Å². The number of hydrogen-bond donors (Lipinski definition) is 2. The number of rotatable bonds is 7. The van der Waals surface area contributed by atoms with Crippen LogP contribution in [-0.2, 0) is 16.0 Å². The predicted octanol–water partition coefficient (Wildman–Crippen LogP) is 3.08. The van der Waals surface area contributed by atoms with Gasteiger partial charge in [0.1, 0.15) is 17.5 Å². The standard InChI is InChI=1S/C21H22N2O4/c1-3-27-21(25)19(11-14-7-5-4-6-8-14)23-20(24)18-12-15-9-10-16(26-2)13-17(15)22-18/h4-10,12-13,19,22H,3,11H2,1-2H3,(H,23,24). The lowest BCUT2D eigenvalue weighted by atomic mass is 10.1. The lowest BCUT2D eigenvalue weighted by molar-refractivity contribution is -0.145. The number of esters is 1. The zero-order valence-corrected chi connectivity index (χ0v) is 15.3. The molecular formula is C21H22N2O4. The average molecular weight is 366 g/mol. The summed E-state index contributed by atoms with van der Waals surface area (Å²) in [5, 5.41) is 3.67. The molecule has 1 heterocycles. The third-order valence-corrected chi connectivity index (χ3v) is 4.23. The fourth-order valence-electron chi connectivity index (χ4n) is 2.88. The molecule has 0 spiro atoms. The Morgan fingerprint density at radius 2 is 1.89 bits per heavy atom. The first-order chi connectivity index (χ1) is 13.1. The van der Waals surface area contributed by atoms with E-state index < -0.39 is 12.0 Å². The SMILES string of the molecule is CCOC(=O)C(Cc1ccccc1)NC(=O)c1cc2ccc(OC)cc2[nH]1. The van der Waals surface area contributed by atoms with Crippen LogP contribution in [-0.4, -0.2) is 36.6 Å². The third kappa shape index (κ3) is 4.47. The Kier molecular flexibility index (Phi) is 5.76. The van der Waals surface area contributed by atoms with E-state index in [0.29, 0.717) is 17.9 Å². The maximum Gasteiger partial charge on any atom is 0.328 e. The van der Waals surface area contributed by atoms with E-state index in [1.807, 2.05) is 48.5 Å². The molecule has 3 aromatic rings. The number of amides is 1. The molecule has 0 saturated carbocycles. The molecule has 0 aliphatic rings. The predicted molar refractivity (Wildman–Crippen MR) is 103 cm³/mol. The number of methoxy groups -OCH3 is 1. The molecule has 1 atom stereocenters. The van der Waals surface area contributed by atoms with Crippen molar-refractivity contribution < 1.29 is 19.1 Å². The summed E-state index contributed by atoms with van der Waals surface area (Å²) >= 11 is 0. The number of aromatic nitrogens is 1. The Hall–Kier alpha value is -3.28. The number of carbonyl (C=O) groups is 2. The molecule has 6 nitrogen and oxygen atoms in total. The first kappa shape index (κ1) is 18.5. The van der Waals surface area contributed by atoms with E-state index in [-0.39, 0.29) is 12.5 Å². The highest BCUT2D eigenvalue weighted by atomic mass is 16.5. The lowest BCUT2D eigenvalue weighted by Gasteiger charge is -2.17. The number of benzene rings is 2. The van der Waals surface area contributed by atoms with Crippen LogP contribution < -0.4 is 10.1 Å². The highest BCUT2D eigenvalue weighted by Crippen LogP contribution is 2.21. The maximum atomic E-state index is 12.7. The van der Waals surface area contributed by atoms with Crippen molar-refractivity contribution in [1.29, 1.82) is 0 Å². The molecule has 0 saturated heterocycles. The van der Waals surface area contributed by atoms with Crippen LogP contribution in [0.3, 0.4) is 0 Å². The van der Waals surface area contributed by atoms with Gasteiger partial charge in [-0.15, -0.1) is 0 Å². The van der Waals surface area contributed by atoms with Gasteiger partial charge >= 0.3 is 5.97 Å². The minimum absolute atomic E-state index is 0.256. The Morgan fingerprint density at radius 3 is 2.59 bits per heavy atom. The Labute approximate surface area is 157 Å². The van der Waals surface area contributed by atoms with Crippen LogP contribution in [0.15, 0.2) is 54.6 Å². The lowest BCUT2D eigenvalue weighted by Crippen LogP contribution is -2.43. The fraction of sp³-hybridized carbons (Fsp3) is 0.238. The first-order valence-electron chi connectivity index (χ1n) is 8.79. The Bertz CT molecular complexity index is 934. The van der Waals surface area contributed by atoms with E-state index >= 15 is 0 Å². The average Bonchev–Trinajstić information content (AvgIpc) is 3.11. The molecule has 0 bridgehead atoms. The second-order valence-electron chi connectivity index (χ2n) is 6.10. The highest BCUT2D eigenvalue weighted by Gasteiger charge is 2.24. The van der Waals surface area contributed by atoms with Gasteiger partial charge in [-0.1, -0.05) is 30.3 Å². The van der Waals surface area contributed by atoms with Crippen molar-refractivity contribution in [3.8, 4) is 5.75 Å². The zero-order valence-electron chi connectivity index (χ0n) is 15.3. The van der Waals surface area contributed by atoms with Crippen molar-refractivity contribution in [2.75, 3.05) is 13.7 Å². The molecule has 1 aromatic heterocycles. The fourth-order valence-corrected chi connectivity index (χ4v) is 2.88. The van der Waals surface area contributed by atoms with Crippen molar-refractivity contribution in [1.82, 2.24) is 10.3 Å². The van der Waals surface area contributed by atoms with Crippen LogP contribution >= 0.6 is 0 Å². The Morgan fingerprint density at radius 1 is 1.11 bits per heavy atom. The summed E-state index contributed by atoms with van der Waals surface area (Å²) in [6.45, 7) is 2.00. The Balaban J connectivity index is 1.79. The van der Waals surface area contributed by atoms with Crippen molar-refractivity contribution >= 4 is 22.8 Å². The van der Waals surface area contributed by atoms with E-state index in [2.05, 4.69) is 10.3 Å². The molecular weight excluding hydrogens is 344 g/mol. The van der Waals surface area contributed by atoms with Gasteiger partial charge in [-0.3, -0.25) is 4.79 Å². The molecule has 0 aliphatic heterocycles. The maximum absolute atomic E-state index is 12.7. The van der Waals surface area contributed by atoms with Crippen LogP contribution in [0.5, 0.6) is 5.75 Å². The van der Waals surface area contributed by atoms with Crippen LogP contribution in [0.1, 0.15) is 23.0 Å².